The molecule has 2 N–H and O–H groups in total. The number of thiazole rings is 1. The second-order valence-electron chi connectivity index (χ2n) is 6.44. The first-order chi connectivity index (χ1) is 9.03. The van der Waals surface area contributed by atoms with Crippen molar-refractivity contribution in [2.45, 2.75) is 46.1 Å². The second-order valence-corrected chi connectivity index (χ2v) is 7.50. The van der Waals surface area contributed by atoms with Crippen molar-refractivity contribution in [1.82, 2.24) is 9.88 Å². The van der Waals surface area contributed by atoms with Gasteiger partial charge < -0.3 is 5.73 Å². The fourth-order valence-corrected chi connectivity index (χ4v) is 4.15. The molecule has 0 radical (unpaired) electrons. The monoisotopic (exact) mass is 281 g/mol. The Morgan fingerprint density at radius 1 is 1.58 bits per heavy atom. The molecule has 0 bridgehead atoms. The van der Waals surface area contributed by atoms with Crippen LogP contribution in [-0.2, 0) is 6.54 Å². The number of nitrogens with zero attached hydrogens (tertiary/aromatic N) is 2. The Balaban J connectivity index is 1.93. The molecule has 0 saturated heterocycles. The lowest BCUT2D eigenvalue weighted by Gasteiger charge is -2.41. The molecule has 1 heterocycles. The van der Waals surface area contributed by atoms with E-state index in [4.69, 9.17) is 5.73 Å². The summed E-state index contributed by atoms with van der Waals surface area (Å²) < 4.78 is 0. The quantitative estimate of drug-likeness (QED) is 0.902. The highest BCUT2D eigenvalue weighted by Crippen LogP contribution is 2.39. The maximum absolute atomic E-state index is 6.11. The van der Waals surface area contributed by atoms with Gasteiger partial charge in [0.15, 0.2) is 0 Å². The van der Waals surface area contributed by atoms with Gasteiger partial charge in [0.1, 0.15) is 0 Å². The van der Waals surface area contributed by atoms with Crippen LogP contribution in [0.5, 0.6) is 0 Å². The zero-order valence-corrected chi connectivity index (χ0v) is 13.3. The normalized spacial score (nSPS) is 27.9. The van der Waals surface area contributed by atoms with Crippen molar-refractivity contribution in [3.05, 3.63) is 16.1 Å². The van der Waals surface area contributed by atoms with Crippen LogP contribution in [0.2, 0.25) is 0 Å². The number of aryl methyl sites for hydroxylation is 1. The molecule has 1 aliphatic carbocycles. The Bertz CT molecular complexity index is 404. The summed E-state index contributed by atoms with van der Waals surface area (Å²) in [6.07, 6.45) is 5.27. The van der Waals surface area contributed by atoms with Crippen molar-refractivity contribution in [3.8, 4) is 0 Å². The van der Waals surface area contributed by atoms with Crippen molar-refractivity contribution >= 4 is 11.3 Å². The third-order valence-electron chi connectivity index (χ3n) is 4.32. The minimum atomic E-state index is 0.331. The summed E-state index contributed by atoms with van der Waals surface area (Å²) in [6.45, 7) is 7.30. The summed E-state index contributed by atoms with van der Waals surface area (Å²) >= 11 is 1.74. The average Bonchev–Trinajstić information content (AvgIpc) is 2.74. The van der Waals surface area contributed by atoms with E-state index >= 15 is 0 Å². The van der Waals surface area contributed by atoms with Crippen LogP contribution in [0.3, 0.4) is 0 Å². The lowest BCUT2D eigenvalue weighted by molar-refractivity contribution is 0.0976. The fourth-order valence-electron chi connectivity index (χ4n) is 3.55. The van der Waals surface area contributed by atoms with Crippen LogP contribution in [-0.4, -0.2) is 30.0 Å². The van der Waals surface area contributed by atoms with Crippen LogP contribution in [0.15, 0.2) is 5.38 Å². The number of hydrogen-bond donors (Lipinski definition) is 1. The molecule has 1 fully saturated rings. The first-order valence-corrected chi connectivity index (χ1v) is 8.20. The summed E-state index contributed by atoms with van der Waals surface area (Å²) in [6, 6.07) is 0. The molecule has 2 rings (SSSR count). The van der Waals surface area contributed by atoms with Gasteiger partial charge in [-0.2, -0.15) is 0 Å². The van der Waals surface area contributed by atoms with Gasteiger partial charge in [0.25, 0.3) is 0 Å². The molecular weight excluding hydrogens is 254 g/mol. The molecule has 4 heteroatoms. The van der Waals surface area contributed by atoms with Gasteiger partial charge in [0, 0.05) is 18.5 Å². The number of hydrogen-bond acceptors (Lipinski definition) is 4. The van der Waals surface area contributed by atoms with Gasteiger partial charge in [0.05, 0.1) is 10.7 Å². The minimum absolute atomic E-state index is 0.331. The van der Waals surface area contributed by atoms with Gasteiger partial charge in [-0.25, -0.2) is 4.98 Å². The third kappa shape index (κ3) is 4.01. The number of rotatable bonds is 5. The van der Waals surface area contributed by atoms with Crippen molar-refractivity contribution < 1.29 is 0 Å². The van der Waals surface area contributed by atoms with Crippen LogP contribution in [0.25, 0.3) is 0 Å². The lowest BCUT2D eigenvalue weighted by Crippen LogP contribution is -2.44. The molecule has 1 aromatic heterocycles. The van der Waals surface area contributed by atoms with Gasteiger partial charge >= 0.3 is 0 Å². The predicted molar refractivity (Wildman–Crippen MR) is 82.3 cm³/mol. The average molecular weight is 281 g/mol. The zero-order chi connectivity index (χ0) is 13.9. The van der Waals surface area contributed by atoms with Crippen LogP contribution in [0, 0.1) is 18.3 Å². The molecule has 0 aromatic carbocycles. The number of nitrogens with two attached hydrogens (primary N) is 1. The summed E-state index contributed by atoms with van der Waals surface area (Å²) in [5, 5.41) is 3.33. The molecule has 0 aliphatic heterocycles. The highest BCUT2D eigenvalue weighted by atomic mass is 32.1. The Morgan fingerprint density at radius 3 is 2.95 bits per heavy atom. The third-order valence-corrected chi connectivity index (χ3v) is 5.14. The highest BCUT2D eigenvalue weighted by molar-refractivity contribution is 7.09. The molecule has 2 unspecified atom stereocenters. The molecule has 1 aliphatic rings. The van der Waals surface area contributed by atoms with Gasteiger partial charge in [-0.1, -0.05) is 19.8 Å². The molecule has 0 spiro atoms. The van der Waals surface area contributed by atoms with Gasteiger partial charge in [-0.3, -0.25) is 4.90 Å². The Kier molecular flexibility index (Phi) is 4.98. The predicted octanol–water partition coefficient (Wildman–Crippen LogP) is 3.04. The molecular formula is C15H27N3S. The molecule has 19 heavy (non-hydrogen) atoms. The SMILES string of the molecule is Cc1nc(CN(C)CC2(CN)CCCC(C)C2)cs1. The van der Waals surface area contributed by atoms with Gasteiger partial charge in [-0.05, 0) is 44.7 Å². The summed E-state index contributed by atoms with van der Waals surface area (Å²) in [7, 11) is 2.20. The first kappa shape index (κ1) is 14.9. The summed E-state index contributed by atoms with van der Waals surface area (Å²) in [4.78, 5) is 6.96. The van der Waals surface area contributed by atoms with E-state index in [0.717, 1.165) is 30.6 Å². The van der Waals surface area contributed by atoms with E-state index in [2.05, 4.69) is 36.2 Å². The highest BCUT2D eigenvalue weighted by Gasteiger charge is 2.34. The van der Waals surface area contributed by atoms with E-state index < -0.39 is 0 Å². The van der Waals surface area contributed by atoms with Crippen molar-refractivity contribution in [2.75, 3.05) is 20.1 Å². The molecule has 0 amide bonds. The van der Waals surface area contributed by atoms with Crippen LogP contribution < -0.4 is 5.73 Å². The molecule has 1 aromatic rings. The summed E-state index contributed by atoms with van der Waals surface area (Å²) in [5.74, 6) is 0.826. The largest absolute Gasteiger partial charge is 0.330 e. The van der Waals surface area contributed by atoms with E-state index in [-0.39, 0.29) is 0 Å². The maximum Gasteiger partial charge on any atom is 0.0897 e. The van der Waals surface area contributed by atoms with E-state index in [0.29, 0.717) is 5.41 Å². The van der Waals surface area contributed by atoms with Crippen LogP contribution >= 0.6 is 11.3 Å². The van der Waals surface area contributed by atoms with E-state index in [9.17, 15) is 0 Å². The van der Waals surface area contributed by atoms with Crippen molar-refractivity contribution in [2.24, 2.45) is 17.1 Å². The number of aromatic nitrogens is 1. The first-order valence-electron chi connectivity index (χ1n) is 7.33. The van der Waals surface area contributed by atoms with E-state index in [1.807, 2.05) is 0 Å². The standard InChI is InChI=1S/C15H27N3S/c1-12-5-4-6-15(7-12,10-16)11-18(3)8-14-9-19-13(2)17-14/h9,12H,4-8,10-11,16H2,1-3H3. The Hall–Kier alpha value is -0.450. The Labute approximate surface area is 121 Å². The lowest BCUT2D eigenvalue weighted by atomic mass is 9.70. The molecule has 3 nitrogen and oxygen atoms in total. The molecule has 1 saturated carbocycles. The van der Waals surface area contributed by atoms with Crippen molar-refractivity contribution in [1.29, 1.82) is 0 Å². The fraction of sp³-hybridized carbons (Fsp3) is 0.800. The molecule has 108 valence electrons. The minimum Gasteiger partial charge on any atom is -0.330 e. The van der Waals surface area contributed by atoms with E-state index in [1.165, 1.54) is 31.4 Å². The van der Waals surface area contributed by atoms with Gasteiger partial charge in [-0.15, -0.1) is 11.3 Å². The second kappa shape index (κ2) is 6.33. The maximum atomic E-state index is 6.11. The van der Waals surface area contributed by atoms with Gasteiger partial charge in [0.2, 0.25) is 0 Å². The molecule has 2 atom stereocenters. The Morgan fingerprint density at radius 2 is 2.37 bits per heavy atom. The van der Waals surface area contributed by atoms with Crippen LogP contribution in [0.1, 0.15) is 43.3 Å². The topological polar surface area (TPSA) is 42.2 Å². The smallest absolute Gasteiger partial charge is 0.0897 e. The van der Waals surface area contributed by atoms with Crippen molar-refractivity contribution in [3.63, 3.8) is 0 Å². The summed E-state index contributed by atoms with van der Waals surface area (Å²) in [5.41, 5.74) is 7.63. The van der Waals surface area contributed by atoms with Crippen LogP contribution in [0.4, 0.5) is 0 Å². The zero-order valence-electron chi connectivity index (χ0n) is 12.5. The van der Waals surface area contributed by atoms with E-state index in [1.54, 1.807) is 11.3 Å².